The van der Waals surface area contributed by atoms with Gasteiger partial charge in [-0.2, -0.15) is 0 Å². The Labute approximate surface area is 207 Å². The molecule has 3 rings (SSSR count). The third kappa shape index (κ3) is 7.61. The van der Waals surface area contributed by atoms with Crippen molar-refractivity contribution in [3.05, 3.63) is 64.5 Å². The topological polar surface area (TPSA) is 75.0 Å². The van der Waals surface area contributed by atoms with Gasteiger partial charge in [0.1, 0.15) is 16.7 Å². The Hall–Kier alpha value is -3.28. The highest BCUT2D eigenvalue weighted by Gasteiger charge is 2.24. The van der Waals surface area contributed by atoms with Crippen LogP contribution in [0.2, 0.25) is 0 Å². The number of esters is 1. The van der Waals surface area contributed by atoms with Crippen LogP contribution in [0.5, 0.6) is 17.2 Å². The normalized spacial score (nSPS) is 11.1. The first kappa shape index (κ1) is 26.3. The second-order valence-electron chi connectivity index (χ2n) is 8.92. The van der Waals surface area contributed by atoms with Crippen molar-refractivity contribution >= 4 is 16.9 Å². The highest BCUT2D eigenvalue weighted by atomic mass is 16.6. The third-order valence-corrected chi connectivity index (χ3v) is 5.62. The van der Waals surface area contributed by atoms with Crippen LogP contribution in [0.1, 0.15) is 82.5 Å². The molecule has 0 aliphatic carbocycles. The Morgan fingerprint density at radius 3 is 2.23 bits per heavy atom. The number of hydrogen-bond donors (Lipinski definition) is 0. The van der Waals surface area contributed by atoms with Gasteiger partial charge in [0.2, 0.25) is 0 Å². The Balaban J connectivity index is 1.79. The van der Waals surface area contributed by atoms with Gasteiger partial charge < -0.3 is 18.6 Å². The minimum Gasteiger partial charge on any atom is -0.493 e. The van der Waals surface area contributed by atoms with Gasteiger partial charge in [0.05, 0.1) is 18.3 Å². The van der Waals surface area contributed by atoms with Crippen LogP contribution in [0.4, 0.5) is 0 Å². The molecule has 0 N–H and O–H groups in total. The molecule has 0 spiro atoms. The molecule has 0 unspecified atom stereocenters. The van der Waals surface area contributed by atoms with Crippen molar-refractivity contribution in [3.8, 4) is 17.2 Å². The zero-order valence-electron chi connectivity index (χ0n) is 21.0. The zero-order valence-corrected chi connectivity index (χ0v) is 21.0. The Kier molecular flexibility index (Phi) is 10.2. The van der Waals surface area contributed by atoms with E-state index in [9.17, 15) is 9.59 Å². The maximum absolute atomic E-state index is 12.8. The van der Waals surface area contributed by atoms with E-state index < -0.39 is 11.6 Å². The van der Waals surface area contributed by atoms with Crippen LogP contribution in [0.25, 0.3) is 11.0 Å². The molecule has 0 saturated carbocycles. The summed E-state index contributed by atoms with van der Waals surface area (Å²) in [4.78, 5) is 25.5. The van der Waals surface area contributed by atoms with E-state index in [1.165, 1.54) is 38.5 Å². The van der Waals surface area contributed by atoms with Gasteiger partial charge in [-0.3, -0.25) is 0 Å². The molecule has 6 heteroatoms. The number of unbranched alkanes of at least 4 members (excludes halogenated alkanes) is 7. The lowest BCUT2D eigenvalue weighted by Gasteiger charge is -2.17. The molecule has 0 aliphatic heterocycles. The van der Waals surface area contributed by atoms with Crippen LogP contribution >= 0.6 is 0 Å². The predicted octanol–water partition coefficient (Wildman–Crippen LogP) is 7.32. The van der Waals surface area contributed by atoms with Crippen LogP contribution in [0, 0.1) is 0 Å². The maximum atomic E-state index is 12.8. The number of hydrogen-bond acceptors (Lipinski definition) is 6. The molecule has 6 nitrogen and oxygen atoms in total. The molecule has 3 aromatic rings. The standard InChI is InChI=1S/C29H36O6/c1-4-5-6-7-8-9-10-14-20-32-23-18-15-19-24-25(23)26(33-21(2)3)27(29(31)34-24)35-28(30)22-16-12-11-13-17-22/h11-13,15-19,21H,4-10,14,20H2,1-3H3. The van der Waals surface area contributed by atoms with Crippen molar-refractivity contribution < 1.29 is 23.4 Å². The van der Waals surface area contributed by atoms with E-state index in [0.29, 0.717) is 28.9 Å². The van der Waals surface area contributed by atoms with Gasteiger partial charge in [-0.1, -0.05) is 76.1 Å². The lowest BCUT2D eigenvalue weighted by molar-refractivity contribution is 0.0718. The smallest absolute Gasteiger partial charge is 0.383 e. The van der Waals surface area contributed by atoms with Crippen molar-refractivity contribution in [3.63, 3.8) is 0 Å². The van der Waals surface area contributed by atoms with Crippen LogP contribution in [-0.4, -0.2) is 18.7 Å². The molecule has 0 fully saturated rings. The quantitative estimate of drug-likeness (QED) is 0.137. The Bertz CT molecular complexity index is 1130. The fourth-order valence-electron chi connectivity index (χ4n) is 3.87. The maximum Gasteiger partial charge on any atom is 0.383 e. The van der Waals surface area contributed by atoms with E-state index in [1.807, 2.05) is 19.9 Å². The van der Waals surface area contributed by atoms with E-state index in [-0.39, 0.29) is 17.6 Å². The average molecular weight is 481 g/mol. The van der Waals surface area contributed by atoms with E-state index in [2.05, 4.69) is 6.92 Å². The fourth-order valence-corrected chi connectivity index (χ4v) is 3.87. The minimum absolute atomic E-state index is 0.155. The van der Waals surface area contributed by atoms with Gasteiger partial charge in [-0.15, -0.1) is 0 Å². The third-order valence-electron chi connectivity index (χ3n) is 5.62. The van der Waals surface area contributed by atoms with E-state index in [4.69, 9.17) is 18.6 Å². The highest BCUT2D eigenvalue weighted by molar-refractivity contribution is 5.95. The number of benzene rings is 2. The molecule has 0 amide bonds. The van der Waals surface area contributed by atoms with Crippen molar-refractivity contribution in [2.45, 2.75) is 78.2 Å². The summed E-state index contributed by atoms with van der Waals surface area (Å²) < 4.78 is 23.1. The average Bonchev–Trinajstić information content (AvgIpc) is 2.85. The molecule has 1 heterocycles. The highest BCUT2D eigenvalue weighted by Crippen LogP contribution is 2.39. The molecular formula is C29H36O6. The summed E-state index contributed by atoms with van der Waals surface area (Å²) in [6.07, 6.45) is 9.37. The summed E-state index contributed by atoms with van der Waals surface area (Å²) in [6.45, 7) is 6.44. The zero-order chi connectivity index (χ0) is 25.0. The predicted molar refractivity (Wildman–Crippen MR) is 138 cm³/mol. The molecule has 0 radical (unpaired) electrons. The van der Waals surface area contributed by atoms with E-state index >= 15 is 0 Å². The van der Waals surface area contributed by atoms with Gasteiger partial charge in [0.25, 0.3) is 5.75 Å². The summed E-state index contributed by atoms with van der Waals surface area (Å²) in [5, 5.41) is 0.483. The van der Waals surface area contributed by atoms with E-state index in [0.717, 1.165) is 12.8 Å². The molecule has 0 atom stereocenters. The first-order valence-electron chi connectivity index (χ1n) is 12.7. The van der Waals surface area contributed by atoms with Crippen LogP contribution < -0.4 is 19.8 Å². The molecular weight excluding hydrogens is 444 g/mol. The lowest BCUT2D eigenvalue weighted by atomic mass is 10.1. The summed E-state index contributed by atoms with van der Waals surface area (Å²) in [7, 11) is 0. The van der Waals surface area contributed by atoms with Gasteiger partial charge >= 0.3 is 11.6 Å². The van der Waals surface area contributed by atoms with Gasteiger partial charge in [-0.05, 0) is 44.5 Å². The van der Waals surface area contributed by atoms with Crippen molar-refractivity contribution in [2.75, 3.05) is 6.61 Å². The van der Waals surface area contributed by atoms with Crippen LogP contribution in [0.15, 0.2) is 57.7 Å². The summed E-state index contributed by atoms with van der Waals surface area (Å²) in [5.41, 5.74) is -0.141. The number of carbonyl (C=O) groups is 1. The summed E-state index contributed by atoms with van der Waals surface area (Å²) in [6, 6.07) is 13.7. The second-order valence-corrected chi connectivity index (χ2v) is 8.92. The van der Waals surface area contributed by atoms with Crippen LogP contribution in [-0.2, 0) is 0 Å². The molecule has 35 heavy (non-hydrogen) atoms. The largest absolute Gasteiger partial charge is 0.493 e. The fraction of sp³-hybridized carbons (Fsp3) is 0.448. The number of ether oxygens (including phenoxy) is 3. The van der Waals surface area contributed by atoms with Crippen molar-refractivity contribution in [2.24, 2.45) is 0 Å². The number of fused-ring (bicyclic) bond motifs is 1. The monoisotopic (exact) mass is 480 g/mol. The number of carbonyl (C=O) groups excluding carboxylic acids is 1. The van der Waals surface area contributed by atoms with Crippen LogP contribution in [0.3, 0.4) is 0 Å². The first-order chi connectivity index (χ1) is 17.0. The van der Waals surface area contributed by atoms with Crippen molar-refractivity contribution in [1.82, 2.24) is 0 Å². The van der Waals surface area contributed by atoms with Gasteiger partial charge in [-0.25, -0.2) is 9.59 Å². The summed E-state index contributed by atoms with van der Waals surface area (Å²) in [5.74, 6) is -0.254. The van der Waals surface area contributed by atoms with Gasteiger partial charge in [0, 0.05) is 0 Å². The minimum atomic E-state index is -0.780. The number of rotatable bonds is 14. The van der Waals surface area contributed by atoms with E-state index in [1.54, 1.807) is 42.5 Å². The Morgan fingerprint density at radius 1 is 0.857 bits per heavy atom. The first-order valence-corrected chi connectivity index (χ1v) is 12.7. The SMILES string of the molecule is CCCCCCCCCCOc1cccc2oc(=O)c(OC(=O)c3ccccc3)c(OC(C)C)c12. The molecule has 1 aromatic heterocycles. The second kappa shape index (κ2) is 13.6. The molecule has 0 saturated heterocycles. The summed E-state index contributed by atoms with van der Waals surface area (Å²) >= 11 is 0. The van der Waals surface area contributed by atoms with Gasteiger partial charge in [0.15, 0.2) is 5.75 Å². The lowest BCUT2D eigenvalue weighted by Crippen LogP contribution is -2.18. The molecule has 0 aliphatic rings. The molecule has 188 valence electrons. The molecule has 2 aromatic carbocycles. The molecule has 0 bridgehead atoms. The van der Waals surface area contributed by atoms with Crippen molar-refractivity contribution in [1.29, 1.82) is 0 Å². The Morgan fingerprint density at radius 2 is 1.54 bits per heavy atom.